The molecule has 1 heterocycles. The highest BCUT2D eigenvalue weighted by Gasteiger charge is 2.30. The molecule has 1 amide bonds. The molecule has 2 rings (SSSR count). The van der Waals surface area contributed by atoms with E-state index in [2.05, 4.69) is 15.5 Å². The summed E-state index contributed by atoms with van der Waals surface area (Å²) in [5, 5.41) is 8.96. The summed E-state index contributed by atoms with van der Waals surface area (Å²) in [6.07, 6.45) is -5.49. The van der Waals surface area contributed by atoms with Gasteiger partial charge in [0.1, 0.15) is 10.8 Å². The predicted molar refractivity (Wildman–Crippen MR) is 84.7 cm³/mol. The lowest BCUT2D eigenvalue weighted by molar-refractivity contribution is -0.134. The molecular weight excluding hydrogens is 359 g/mol. The van der Waals surface area contributed by atoms with Gasteiger partial charge in [0.2, 0.25) is 5.13 Å². The maximum absolute atomic E-state index is 12.4. The fourth-order valence-corrected chi connectivity index (χ4v) is 2.63. The van der Waals surface area contributed by atoms with Crippen LogP contribution < -0.4 is 10.1 Å². The Labute approximate surface area is 145 Å². The molecule has 0 saturated heterocycles. The number of hydrogen-bond donors (Lipinski definition) is 1. The highest BCUT2D eigenvalue weighted by molar-refractivity contribution is 7.15. The van der Waals surface area contributed by atoms with E-state index in [1.54, 1.807) is 26.0 Å². The Kier molecular flexibility index (Phi) is 5.73. The van der Waals surface area contributed by atoms with Crippen molar-refractivity contribution in [3.63, 3.8) is 0 Å². The van der Waals surface area contributed by atoms with E-state index in [0.717, 1.165) is 0 Å². The molecule has 0 spiro atoms. The van der Waals surface area contributed by atoms with Crippen LogP contribution >= 0.6 is 11.3 Å². The van der Waals surface area contributed by atoms with Crippen LogP contribution in [0.4, 0.5) is 18.3 Å². The predicted octanol–water partition coefficient (Wildman–Crippen LogP) is 3.52. The van der Waals surface area contributed by atoms with Crippen molar-refractivity contribution < 1.29 is 27.5 Å². The number of anilines is 1. The maximum Gasteiger partial charge on any atom is 0.395 e. The van der Waals surface area contributed by atoms with E-state index in [1.807, 2.05) is 0 Å². The SMILES string of the molecule is CCC(=O)Oc1c(C)cccc1C(=O)Nc1nnc(CC(F)(F)F)s1. The quantitative estimate of drug-likeness (QED) is 0.641. The van der Waals surface area contributed by atoms with E-state index in [0.29, 0.717) is 16.9 Å². The second-order valence-corrected chi connectivity index (χ2v) is 6.09. The maximum atomic E-state index is 12.4. The summed E-state index contributed by atoms with van der Waals surface area (Å²) in [5.41, 5.74) is 0.652. The zero-order valence-corrected chi connectivity index (χ0v) is 14.1. The van der Waals surface area contributed by atoms with Crippen LogP contribution in [-0.2, 0) is 11.2 Å². The molecule has 1 aromatic carbocycles. The number of carbonyl (C=O) groups excluding carboxylic acids is 2. The standard InChI is InChI=1S/C15H14F3N3O3S/c1-3-11(22)24-12-8(2)5-4-6-9(12)13(23)19-14-21-20-10(25-14)7-15(16,17)18/h4-6H,3,7H2,1-2H3,(H,19,21,23). The third-order valence-corrected chi connectivity index (χ3v) is 3.84. The summed E-state index contributed by atoms with van der Waals surface area (Å²) in [4.78, 5) is 23.9. The number of nitrogens with one attached hydrogen (secondary N) is 1. The molecule has 0 aliphatic rings. The van der Waals surface area contributed by atoms with Gasteiger partial charge in [0.15, 0.2) is 0 Å². The zero-order valence-electron chi connectivity index (χ0n) is 13.3. The van der Waals surface area contributed by atoms with Crippen LogP contribution in [0.15, 0.2) is 18.2 Å². The minimum absolute atomic E-state index is 0.0708. The van der Waals surface area contributed by atoms with Gasteiger partial charge >= 0.3 is 12.1 Å². The van der Waals surface area contributed by atoms with Crippen molar-refractivity contribution in [1.29, 1.82) is 0 Å². The number of aromatic nitrogens is 2. The first kappa shape index (κ1) is 18.8. The Morgan fingerprint density at radius 1 is 1.28 bits per heavy atom. The van der Waals surface area contributed by atoms with Crippen LogP contribution in [-0.4, -0.2) is 28.3 Å². The Hall–Kier alpha value is -2.49. The van der Waals surface area contributed by atoms with E-state index in [4.69, 9.17) is 4.74 Å². The lowest BCUT2D eigenvalue weighted by Crippen LogP contribution is -2.16. The summed E-state index contributed by atoms with van der Waals surface area (Å²) in [7, 11) is 0. The van der Waals surface area contributed by atoms with Gasteiger partial charge in [0.25, 0.3) is 5.91 Å². The van der Waals surface area contributed by atoms with Crippen molar-refractivity contribution in [3.8, 4) is 5.75 Å². The zero-order chi connectivity index (χ0) is 18.6. The van der Waals surface area contributed by atoms with Gasteiger partial charge in [0, 0.05) is 6.42 Å². The molecular formula is C15H14F3N3O3S. The number of alkyl halides is 3. The number of nitrogens with zero attached hydrogens (tertiary/aromatic N) is 2. The molecule has 0 atom stereocenters. The normalized spacial score (nSPS) is 11.2. The highest BCUT2D eigenvalue weighted by atomic mass is 32.1. The van der Waals surface area contributed by atoms with E-state index in [1.165, 1.54) is 6.07 Å². The first-order chi connectivity index (χ1) is 11.7. The second kappa shape index (κ2) is 7.60. The van der Waals surface area contributed by atoms with Gasteiger partial charge < -0.3 is 4.74 Å². The number of hydrogen-bond acceptors (Lipinski definition) is 6. The molecule has 1 N–H and O–H groups in total. The van der Waals surface area contributed by atoms with Crippen LogP contribution in [0.5, 0.6) is 5.75 Å². The monoisotopic (exact) mass is 373 g/mol. The largest absolute Gasteiger partial charge is 0.425 e. The smallest absolute Gasteiger partial charge is 0.395 e. The van der Waals surface area contributed by atoms with Gasteiger partial charge in [-0.15, -0.1) is 10.2 Å². The molecule has 1 aromatic heterocycles. The van der Waals surface area contributed by atoms with Gasteiger partial charge in [-0.05, 0) is 18.6 Å². The summed E-state index contributed by atoms with van der Waals surface area (Å²) in [6.45, 7) is 3.28. The lowest BCUT2D eigenvalue weighted by Gasteiger charge is -2.11. The number of amides is 1. The second-order valence-electron chi connectivity index (χ2n) is 5.03. The molecule has 0 fully saturated rings. The molecule has 0 radical (unpaired) electrons. The van der Waals surface area contributed by atoms with E-state index < -0.39 is 24.5 Å². The summed E-state index contributed by atoms with van der Waals surface area (Å²) in [6, 6.07) is 4.71. The van der Waals surface area contributed by atoms with Crippen LogP contribution in [0, 0.1) is 6.92 Å². The van der Waals surface area contributed by atoms with E-state index in [9.17, 15) is 22.8 Å². The molecule has 0 saturated carbocycles. The average molecular weight is 373 g/mol. The Morgan fingerprint density at radius 2 is 2.00 bits per heavy atom. The van der Waals surface area contributed by atoms with Gasteiger partial charge in [-0.25, -0.2) is 0 Å². The van der Waals surface area contributed by atoms with E-state index in [-0.39, 0.29) is 27.9 Å². The number of benzene rings is 1. The Balaban J connectivity index is 2.19. The number of rotatable bonds is 5. The van der Waals surface area contributed by atoms with Crippen molar-refractivity contribution in [3.05, 3.63) is 34.3 Å². The van der Waals surface area contributed by atoms with Gasteiger partial charge in [-0.3, -0.25) is 14.9 Å². The lowest BCUT2D eigenvalue weighted by atomic mass is 10.1. The summed E-state index contributed by atoms with van der Waals surface area (Å²) in [5.74, 6) is -1.06. The molecule has 0 bridgehead atoms. The third kappa shape index (κ3) is 5.24. The number of ether oxygens (including phenoxy) is 1. The molecule has 10 heteroatoms. The Morgan fingerprint density at radius 3 is 2.64 bits per heavy atom. The summed E-state index contributed by atoms with van der Waals surface area (Å²) < 4.78 is 42.2. The fraction of sp³-hybridized carbons (Fsp3) is 0.333. The van der Waals surface area contributed by atoms with Gasteiger partial charge in [0.05, 0.1) is 12.0 Å². The first-order valence-electron chi connectivity index (χ1n) is 7.20. The molecule has 6 nitrogen and oxygen atoms in total. The average Bonchev–Trinajstić information content (AvgIpc) is 2.93. The molecule has 0 aliphatic heterocycles. The number of para-hydroxylation sites is 1. The van der Waals surface area contributed by atoms with Crippen LogP contribution in [0.2, 0.25) is 0 Å². The number of esters is 1. The van der Waals surface area contributed by atoms with Gasteiger partial charge in [-0.2, -0.15) is 13.2 Å². The molecule has 2 aromatic rings. The number of halogens is 3. The minimum Gasteiger partial charge on any atom is -0.425 e. The van der Waals surface area contributed by atoms with Crippen LogP contribution in [0.1, 0.15) is 34.3 Å². The third-order valence-electron chi connectivity index (χ3n) is 3.00. The highest BCUT2D eigenvalue weighted by Crippen LogP contribution is 2.27. The van der Waals surface area contributed by atoms with Crippen LogP contribution in [0.3, 0.4) is 0 Å². The van der Waals surface area contributed by atoms with Gasteiger partial charge in [-0.1, -0.05) is 30.4 Å². The topological polar surface area (TPSA) is 81.2 Å². The molecule has 25 heavy (non-hydrogen) atoms. The summed E-state index contributed by atoms with van der Waals surface area (Å²) >= 11 is 0.629. The minimum atomic E-state index is -4.40. The van der Waals surface area contributed by atoms with Crippen molar-refractivity contribution in [2.75, 3.05) is 5.32 Å². The molecule has 0 unspecified atom stereocenters. The molecule has 0 aliphatic carbocycles. The van der Waals surface area contributed by atoms with E-state index >= 15 is 0 Å². The number of carbonyl (C=O) groups is 2. The van der Waals surface area contributed by atoms with Crippen molar-refractivity contribution in [2.24, 2.45) is 0 Å². The fourth-order valence-electron chi connectivity index (χ4n) is 1.86. The Bertz CT molecular complexity index is 790. The van der Waals surface area contributed by atoms with Crippen molar-refractivity contribution in [1.82, 2.24) is 10.2 Å². The van der Waals surface area contributed by atoms with Crippen molar-refractivity contribution >= 4 is 28.3 Å². The van der Waals surface area contributed by atoms with Crippen molar-refractivity contribution in [2.45, 2.75) is 32.9 Å². The van der Waals surface area contributed by atoms with Crippen LogP contribution in [0.25, 0.3) is 0 Å². The first-order valence-corrected chi connectivity index (χ1v) is 8.02. The molecule has 134 valence electrons. The number of aryl methyl sites for hydroxylation is 1.